The first-order valence-corrected chi connectivity index (χ1v) is 26.7. The van der Waals surface area contributed by atoms with Gasteiger partial charge in [-0.3, -0.25) is 9.69 Å². The van der Waals surface area contributed by atoms with Crippen LogP contribution in [0.3, 0.4) is 0 Å². The number of alkyl halides is 9. The highest BCUT2D eigenvalue weighted by atomic mass is 33.1. The average molecular weight is 1020 g/mol. The molecule has 4 unspecified atom stereocenters. The van der Waals surface area contributed by atoms with Crippen molar-refractivity contribution in [2.75, 3.05) is 65.1 Å². The maximum Gasteiger partial charge on any atom is 0.435 e. The van der Waals surface area contributed by atoms with Gasteiger partial charge in [0.2, 0.25) is 5.91 Å². The van der Waals surface area contributed by atoms with E-state index < -0.39 is 58.3 Å². The van der Waals surface area contributed by atoms with E-state index >= 15 is 0 Å². The number of benzene rings is 1. The van der Waals surface area contributed by atoms with Crippen molar-refractivity contribution >= 4 is 36.0 Å². The minimum Gasteiger partial charge on any atom is -0.494 e. The summed E-state index contributed by atoms with van der Waals surface area (Å²) < 4.78 is 144. The first-order chi connectivity index (χ1) is 31.4. The number of nitriles is 1. The minimum absolute atomic E-state index is 0.0562. The van der Waals surface area contributed by atoms with E-state index in [1.165, 1.54) is 18.2 Å². The smallest absolute Gasteiger partial charge is 0.435 e. The Morgan fingerprint density at radius 2 is 1.64 bits per heavy atom. The third-order valence-corrected chi connectivity index (χ3v) is 18.7. The summed E-state index contributed by atoms with van der Waals surface area (Å²) in [5.41, 5.74) is -3.93. The molecule has 4 aliphatic rings. The van der Waals surface area contributed by atoms with Gasteiger partial charge in [-0.2, -0.15) is 44.8 Å². The number of likely N-dealkylation sites (N-methyl/N-ethyl adjacent to an activating group) is 2. The van der Waals surface area contributed by atoms with Crippen LogP contribution in [0.2, 0.25) is 0 Å². The Kier molecular flexibility index (Phi) is 19.8. The largest absolute Gasteiger partial charge is 0.494 e. The number of rotatable bonds is 23. The summed E-state index contributed by atoms with van der Waals surface area (Å²) in [7, 11) is 5.30. The Balaban J connectivity index is 1.03. The van der Waals surface area contributed by atoms with Gasteiger partial charge in [-0.25, -0.2) is 4.67 Å². The Morgan fingerprint density at radius 3 is 2.28 bits per heavy atom. The fourth-order valence-corrected chi connectivity index (χ4v) is 14.9. The Hall–Kier alpha value is -1.76. The van der Waals surface area contributed by atoms with Crippen LogP contribution in [0, 0.1) is 28.6 Å². The lowest BCUT2D eigenvalue weighted by molar-refractivity contribution is -0.457. The van der Waals surface area contributed by atoms with E-state index in [9.17, 15) is 44.3 Å². The van der Waals surface area contributed by atoms with Gasteiger partial charge in [0.15, 0.2) is 0 Å². The molecule has 3 aliphatic carbocycles. The molecule has 5 rings (SSSR count). The van der Waals surface area contributed by atoms with Crippen molar-refractivity contribution in [3.8, 4) is 11.8 Å². The predicted octanol–water partition coefficient (Wildman–Crippen LogP) is 10.9. The molecule has 1 N–H and O–H groups in total. The van der Waals surface area contributed by atoms with Crippen molar-refractivity contribution in [3.05, 3.63) is 29.3 Å². The van der Waals surface area contributed by atoms with E-state index in [4.69, 9.17) is 19.0 Å². The molecule has 1 heterocycles. The summed E-state index contributed by atoms with van der Waals surface area (Å²) in [5.74, 6) is 3.44. The summed E-state index contributed by atoms with van der Waals surface area (Å²) in [6, 6.07) is 9.28. The number of aryl methyl sites for hydroxylation is 1. The fraction of sp³-hybridized carbons (Fsp3) is 0.822. The van der Waals surface area contributed by atoms with Gasteiger partial charge < -0.3 is 28.7 Å². The van der Waals surface area contributed by atoms with Gasteiger partial charge in [-0.05, 0) is 133 Å². The number of amides is 1. The van der Waals surface area contributed by atoms with E-state index in [0.717, 1.165) is 80.1 Å². The molecule has 1 aromatic rings. The minimum atomic E-state index is -6.81. The van der Waals surface area contributed by atoms with Gasteiger partial charge in [0.05, 0.1) is 45.0 Å². The van der Waals surface area contributed by atoms with Crippen molar-refractivity contribution in [2.24, 2.45) is 17.3 Å². The zero-order valence-corrected chi connectivity index (χ0v) is 41.9. The third kappa shape index (κ3) is 13.2. The SMILES string of the molecule is CC(C)N(C(C)C)P(OCCC#N)O[C@H]1CN[C@H](CSSCCCOc2ccc3c(c2)CCC2C3CC[C@@]3(C)C2CC[C@@H]3N(C)C(=O)CN(C)CCOC(C(F)(F)F)(C(F)(F)F)C(F)(F)F)C1. The molecular weight excluding hydrogens is 957 g/mol. The number of halogens is 9. The van der Waals surface area contributed by atoms with Crippen molar-refractivity contribution in [3.63, 3.8) is 0 Å². The van der Waals surface area contributed by atoms with E-state index in [-0.39, 0.29) is 29.6 Å². The van der Waals surface area contributed by atoms with Gasteiger partial charge in [0.25, 0.3) is 8.53 Å². The molecule has 0 radical (unpaired) electrons. The molecule has 1 aromatic carbocycles. The summed E-state index contributed by atoms with van der Waals surface area (Å²) in [5, 5.41) is 12.6. The zero-order valence-electron chi connectivity index (χ0n) is 39.4. The second kappa shape index (κ2) is 23.6. The first kappa shape index (κ1) is 56.2. The summed E-state index contributed by atoms with van der Waals surface area (Å²) in [6.07, 6.45) is -12.9. The van der Waals surface area contributed by atoms with Crippen molar-refractivity contribution < 1.29 is 62.8 Å². The number of nitrogens with zero attached hydrogens (tertiary/aromatic N) is 4. The lowest BCUT2D eigenvalue weighted by Gasteiger charge is -2.52. The van der Waals surface area contributed by atoms with Crippen LogP contribution >= 0.6 is 30.1 Å². The van der Waals surface area contributed by atoms with Gasteiger partial charge in [-0.15, -0.1) is 0 Å². The molecule has 3 fully saturated rings. The number of hydrogen-bond donors (Lipinski definition) is 1. The molecule has 1 saturated heterocycles. The molecular formula is C45H67F9N5O5PS2. The summed E-state index contributed by atoms with van der Waals surface area (Å²) >= 11 is 0. The van der Waals surface area contributed by atoms with Crippen molar-refractivity contribution in [1.82, 2.24) is 19.8 Å². The molecule has 0 spiro atoms. The number of fused-ring (bicyclic) bond motifs is 5. The average Bonchev–Trinajstić information content (AvgIpc) is 3.83. The monoisotopic (exact) mass is 1020 g/mol. The summed E-state index contributed by atoms with van der Waals surface area (Å²) in [4.78, 5) is 16.1. The van der Waals surface area contributed by atoms with E-state index in [0.29, 0.717) is 43.4 Å². The molecule has 22 heteroatoms. The molecule has 2 saturated carbocycles. The van der Waals surface area contributed by atoms with Gasteiger partial charge in [0.1, 0.15) is 5.75 Å². The maximum absolute atomic E-state index is 13.4. The van der Waals surface area contributed by atoms with Crippen LogP contribution < -0.4 is 10.1 Å². The Morgan fingerprint density at radius 1 is 0.955 bits per heavy atom. The van der Waals surface area contributed by atoms with Crippen molar-refractivity contribution in [1.29, 1.82) is 5.26 Å². The second-order valence-electron chi connectivity index (χ2n) is 19.1. The van der Waals surface area contributed by atoms with Crippen molar-refractivity contribution in [2.45, 2.75) is 153 Å². The maximum atomic E-state index is 13.4. The zero-order chi connectivity index (χ0) is 49.5. The van der Waals surface area contributed by atoms with Gasteiger partial charge in [0, 0.05) is 55.8 Å². The summed E-state index contributed by atoms with van der Waals surface area (Å²) in [6.45, 7) is 9.70. The van der Waals surface area contributed by atoms with E-state index in [1.807, 2.05) is 21.6 Å². The lowest BCUT2D eigenvalue weighted by atomic mass is 9.55. The second-order valence-corrected chi connectivity index (χ2v) is 23.1. The first-order valence-electron chi connectivity index (χ1n) is 23.1. The highest BCUT2D eigenvalue weighted by Crippen LogP contribution is 2.62. The third-order valence-electron chi connectivity index (χ3n) is 14.0. The lowest BCUT2D eigenvalue weighted by Crippen LogP contribution is -2.68. The topological polar surface area (TPSA) is 99.5 Å². The molecule has 0 aromatic heterocycles. The number of hydrogen-bond acceptors (Lipinski definition) is 11. The van der Waals surface area contributed by atoms with Crippen LogP contribution in [0.4, 0.5) is 39.5 Å². The van der Waals surface area contributed by atoms with Crippen LogP contribution in [0.1, 0.15) is 103 Å². The standard InChI is InChI=1S/C45H67F9N5O5PS2/c1-29(2)59(30(3)4)65(63-21-8-18-55)64-34-25-32(56-26-34)28-67-66-23-9-20-61-33-11-13-35-31(24-33)10-12-37-36(35)16-17-41(5)38(37)14-15-39(41)58(7)40(60)27-57(6)19-22-62-42(43(46,47)48,44(49,50)51)45(52,53)54/h11,13,24,29-30,32,34,36-39,56H,8-10,12,14-17,19-23,25-28H2,1-7H3/t32-,34+,36?,37?,38?,39-,41-,65?/m0/s1. The van der Waals surface area contributed by atoms with E-state index in [2.05, 4.69) is 73.6 Å². The quantitative estimate of drug-likeness (QED) is 0.0491. The Bertz CT molecular complexity index is 1770. The van der Waals surface area contributed by atoms with Crippen LogP contribution in [-0.2, 0) is 25.0 Å². The number of carbonyl (C=O) groups excluding carboxylic acids is 1. The predicted molar refractivity (Wildman–Crippen MR) is 243 cm³/mol. The Labute approximate surface area is 398 Å². The molecule has 1 amide bonds. The van der Waals surface area contributed by atoms with E-state index in [1.54, 1.807) is 11.9 Å². The van der Waals surface area contributed by atoms with Crippen LogP contribution in [0.25, 0.3) is 0 Å². The number of carbonyl (C=O) groups is 1. The number of ether oxygens (including phenoxy) is 2. The van der Waals surface area contributed by atoms with Crippen LogP contribution in [-0.4, -0.2) is 140 Å². The fourth-order valence-electron chi connectivity index (χ4n) is 10.8. The van der Waals surface area contributed by atoms with Crippen LogP contribution in [0.15, 0.2) is 18.2 Å². The van der Waals surface area contributed by atoms with Gasteiger partial charge in [-0.1, -0.05) is 34.6 Å². The van der Waals surface area contributed by atoms with Crippen LogP contribution in [0.5, 0.6) is 5.75 Å². The molecule has 8 atom stereocenters. The highest BCUT2D eigenvalue weighted by molar-refractivity contribution is 8.76. The number of nitrogens with one attached hydrogen (secondary N) is 1. The molecule has 10 nitrogen and oxygen atoms in total. The molecule has 0 bridgehead atoms. The molecule has 1 aliphatic heterocycles. The normalized spacial score (nSPS) is 26.2. The van der Waals surface area contributed by atoms with Gasteiger partial charge >= 0.3 is 24.1 Å². The highest BCUT2D eigenvalue weighted by Gasteiger charge is 2.85. The molecule has 67 heavy (non-hydrogen) atoms. The molecule has 382 valence electrons.